The SMILES string of the molecule is COc1ccc(O)c(C=C(C#N)C(N)=O)c1. The summed E-state index contributed by atoms with van der Waals surface area (Å²) in [6, 6.07) is 6.11. The van der Waals surface area contributed by atoms with Gasteiger partial charge < -0.3 is 15.6 Å². The summed E-state index contributed by atoms with van der Waals surface area (Å²) in [7, 11) is 1.47. The Morgan fingerprint density at radius 2 is 2.31 bits per heavy atom. The van der Waals surface area contributed by atoms with E-state index in [2.05, 4.69) is 0 Å². The summed E-state index contributed by atoms with van der Waals surface area (Å²) in [4.78, 5) is 10.8. The fraction of sp³-hybridized carbons (Fsp3) is 0.0909. The summed E-state index contributed by atoms with van der Waals surface area (Å²) in [5.74, 6) is -0.398. The molecule has 0 aliphatic heterocycles. The maximum absolute atomic E-state index is 10.8. The zero-order valence-electron chi connectivity index (χ0n) is 8.60. The Balaban J connectivity index is 3.23. The lowest BCUT2D eigenvalue weighted by atomic mass is 10.1. The van der Waals surface area contributed by atoms with Crippen molar-refractivity contribution < 1.29 is 14.6 Å². The van der Waals surface area contributed by atoms with Crippen LogP contribution < -0.4 is 10.5 Å². The van der Waals surface area contributed by atoms with E-state index in [0.717, 1.165) is 0 Å². The Labute approximate surface area is 92.4 Å². The van der Waals surface area contributed by atoms with Crippen molar-refractivity contribution >= 4 is 12.0 Å². The number of nitriles is 1. The third-order valence-electron chi connectivity index (χ3n) is 1.92. The van der Waals surface area contributed by atoms with Crippen LogP contribution in [0.5, 0.6) is 11.5 Å². The van der Waals surface area contributed by atoms with E-state index in [1.165, 1.54) is 25.3 Å². The molecule has 0 unspecified atom stereocenters. The zero-order valence-corrected chi connectivity index (χ0v) is 8.60. The van der Waals surface area contributed by atoms with Crippen LogP contribution in [-0.4, -0.2) is 18.1 Å². The fourth-order valence-electron chi connectivity index (χ4n) is 1.09. The van der Waals surface area contributed by atoms with E-state index >= 15 is 0 Å². The lowest BCUT2D eigenvalue weighted by molar-refractivity contribution is -0.114. The van der Waals surface area contributed by atoms with Gasteiger partial charge in [-0.3, -0.25) is 4.79 Å². The van der Waals surface area contributed by atoms with Crippen molar-refractivity contribution in [2.45, 2.75) is 0 Å². The number of hydrogen-bond acceptors (Lipinski definition) is 4. The number of rotatable bonds is 3. The average Bonchev–Trinajstić information content (AvgIpc) is 2.27. The van der Waals surface area contributed by atoms with Gasteiger partial charge in [-0.1, -0.05) is 0 Å². The Morgan fingerprint density at radius 1 is 1.62 bits per heavy atom. The molecule has 1 aromatic rings. The zero-order chi connectivity index (χ0) is 12.1. The molecule has 0 heterocycles. The van der Waals surface area contributed by atoms with Crippen LogP contribution in [0.2, 0.25) is 0 Å². The van der Waals surface area contributed by atoms with Crippen LogP contribution in [0.1, 0.15) is 5.56 Å². The summed E-state index contributed by atoms with van der Waals surface area (Å²) in [6.07, 6.45) is 1.21. The van der Waals surface area contributed by atoms with Crippen molar-refractivity contribution in [2.75, 3.05) is 7.11 Å². The second-order valence-corrected chi connectivity index (χ2v) is 2.96. The van der Waals surface area contributed by atoms with Gasteiger partial charge in [0.15, 0.2) is 0 Å². The maximum atomic E-state index is 10.8. The standard InChI is InChI=1S/C11H10N2O3/c1-16-9-2-3-10(14)7(5-9)4-8(6-12)11(13)15/h2-5,14H,1H3,(H2,13,15). The Morgan fingerprint density at radius 3 is 2.81 bits per heavy atom. The average molecular weight is 218 g/mol. The number of hydrogen-bond donors (Lipinski definition) is 2. The molecule has 1 rings (SSSR count). The highest BCUT2D eigenvalue weighted by Crippen LogP contribution is 2.24. The molecular formula is C11H10N2O3. The summed E-state index contributed by atoms with van der Waals surface area (Å²) in [5.41, 5.74) is 5.04. The van der Waals surface area contributed by atoms with E-state index < -0.39 is 5.91 Å². The second kappa shape index (κ2) is 4.84. The topological polar surface area (TPSA) is 96.3 Å². The molecular weight excluding hydrogens is 208 g/mol. The number of nitrogens with two attached hydrogens (primary N) is 1. The van der Waals surface area contributed by atoms with Gasteiger partial charge in [0.1, 0.15) is 23.1 Å². The van der Waals surface area contributed by atoms with Gasteiger partial charge in [0, 0.05) is 5.56 Å². The van der Waals surface area contributed by atoms with Crippen LogP contribution in [-0.2, 0) is 4.79 Å². The van der Waals surface area contributed by atoms with Crippen LogP contribution in [0.3, 0.4) is 0 Å². The number of phenolic OH excluding ortho intramolecular Hbond substituents is 1. The van der Waals surface area contributed by atoms with Crippen LogP contribution in [0.25, 0.3) is 6.08 Å². The van der Waals surface area contributed by atoms with Crippen LogP contribution in [0.15, 0.2) is 23.8 Å². The van der Waals surface area contributed by atoms with Crippen molar-refractivity contribution in [1.29, 1.82) is 5.26 Å². The Bertz CT molecular complexity index is 486. The first-order chi connectivity index (χ1) is 7.58. The van der Waals surface area contributed by atoms with Gasteiger partial charge in [0.05, 0.1) is 7.11 Å². The second-order valence-electron chi connectivity index (χ2n) is 2.96. The molecule has 0 atom stereocenters. The number of carbonyl (C=O) groups is 1. The first-order valence-electron chi connectivity index (χ1n) is 4.37. The minimum absolute atomic E-state index is 0.0604. The lowest BCUT2D eigenvalue weighted by Gasteiger charge is -2.03. The molecule has 0 fully saturated rings. The molecule has 16 heavy (non-hydrogen) atoms. The van der Waals surface area contributed by atoms with Crippen LogP contribution in [0, 0.1) is 11.3 Å². The smallest absolute Gasteiger partial charge is 0.259 e. The van der Waals surface area contributed by atoms with Crippen molar-refractivity contribution in [3.63, 3.8) is 0 Å². The Kier molecular flexibility index (Phi) is 3.51. The number of carbonyl (C=O) groups excluding carboxylic acids is 1. The number of primary amides is 1. The number of benzene rings is 1. The van der Waals surface area contributed by atoms with Gasteiger partial charge in [-0.25, -0.2) is 0 Å². The molecule has 0 saturated heterocycles. The van der Waals surface area contributed by atoms with Gasteiger partial charge >= 0.3 is 0 Å². The molecule has 5 nitrogen and oxygen atoms in total. The minimum Gasteiger partial charge on any atom is -0.507 e. The van der Waals surface area contributed by atoms with Crippen molar-refractivity contribution in [3.8, 4) is 17.6 Å². The van der Waals surface area contributed by atoms with E-state index in [1.807, 2.05) is 0 Å². The summed E-state index contributed by atoms with van der Waals surface area (Å²) in [6.45, 7) is 0. The van der Waals surface area contributed by atoms with E-state index in [-0.39, 0.29) is 11.3 Å². The number of nitrogens with zero attached hydrogens (tertiary/aromatic N) is 1. The molecule has 0 radical (unpaired) electrons. The molecule has 0 aliphatic rings. The highest BCUT2D eigenvalue weighted by molar-refractivity contribution is 6.00. The van der Waals surface area contributed by atoms with Gasteiger partial charge in [0.2, 0.25) is 0 Å². The van der Waals surface area contributed by atoms with E-state index in [0.29, 0.717) is 11.3 Å². The third-order valence-corrected chi connectivity index (χ3v) is 1.92. The van der Waals surface area contributed by atoms with Crippen molar-refractivity contribution in [2.24, 2.45) is 5.73 Å². The predicted molar refractivity (Wildman–Crippen MR) is 57.4 cm³/mol. The van der Waals surface area contributed by atoms with E-state index in [4.69, 9.17) is 15.7 Å². The number of phenols is 1. The molecule has 0 bridgehead atoms. The first kappa shape index (κ1) is 11.6. The summed E-state index contributed by atoms with van der Waals surface area (Å²) in [5, 5.41) is 18.1. The quantitative estimate of drug-likeness (QED) is 0.579. The highest BCUT2D eigenvalue weighted by atomic mass is 16.5. The van der Waals surface area contributed by atoms with Crippen molar-refractivity contribution in [3.05, 3.63) is 29.3 Å². The molecule has 5 heteroatoms. The molecule has 3 N–H and O–H groups in total. The monoisotopic (exact) mass is 218 g/mol. The van der Waals surface area contributed by atoms with Gasteiger partial charge in [-0.05, 0) is 24.3 Å². The molecule has 1 amide bonds. The molecule has 0 spiro atoms. The number of amides is 1. The highest BCUT2D eigenvalue weighted by Gasteiger charge is 2.06. The number of methoxy groups -OCH3 is 1. The predicted octanol–water partition coefficient (Wildman–Crippen LogP) is 0.793. The minimum atomic E-state index is -0.843. The normalized spacial score (nSPS) is 10.6. The van der Waals surface area contributed by atoms with Gasteiger partial charge in [0.25, 0.3) is 5.91 Å². The number of aromatic hydroxyl groups is 1. The van der Waals surface area contributed by atoms with E-state index in [9.17, 15) is 9.90 Å². The maximum Gasteiger partial charge on any atom is 0.259 e. The number of ether oxygens (including phenoxy) is 1. The van der Waals surface area contributed by atoms with E-state index in [1.54, 1.807) is 12.1 Å². The lowest BCUT2D eigenvalue weighted by Crippen LogP contribution is -2.12. The van der Waals surface area contributed by atoms with Crippen LogP contribution >= 0.6 is 0 Å². The summed E-state index contributed by atoms with van der Waals surface area (Å²) < 4.78 is 4.95. The van der Waals surface area contributed by atoms with Gasteiger partial charge in [-0.2, -0.15) is 5.26 Å². The first-order valence-corrected chi connectivity index (χ1v) is 4.37. The molecule has 82 valence electrons. The third kappa shape index (κ3) is 2.51. The molecule has 1 aromatic carbocycles. The molecule has 0 saturated carbocycles. The van der Waals surface area contributed by atoms with Crippen LogP contribution in [0.4, 0.5) is 0 Å². The summed E-state index contributed by atoms with van der Waals surface area (Å²) >= 11 is 0. The fourth-order valence-corrected chi connectivity index (χ4v) is 1.09. The molecule has 0 aromatic heterocycles. The largest absolute Gasteiger partial charge is 0.507 e. The van der Waals surface area contributed by atoms with Gasteiger partial charge in [-0.15, -0.1) is 0 Å². The molecule has 0 aliphatic carbocycles. The Hall–Kier alpha value is -2.48. The van der Waals surface area contributed by atoms with Crippen molar-refractivity contribution in [1.82, 2.24) is 0 Å².